The highest BCUT2D eigenvalue weighted by Gasteiger charge is 2.28. The van der Waals surface area contributed by atoms with Crippen molar-refractivity contribution in [1.29, 1.82) is 0 Å². The first-order valence-corrected chi connectivity index (χ1v) is 9.72. The molecule has 0 atom stereocenters. The minimum Gasteiger partial charge on any atom is -0.325 e. The number of carbonyl (C=O) groups excluding carboxylic acids is 1. The molecule has 2 aromatic rings. The first kappa shape index (κ1) is 18.5. The van der Waals surface area contributed by atoms with Crippen molar-refractivity contribution in [3.63, 3.8) is 0 Å². The number of hydrogen-bond donors (Lipinski definition) is 1. The molecule has 0 unspecified atom stereocenters. The third-order valence-corrected chi connectivity index (χ3v) is 6.12. The molecular weight excluding hydrogens is 357 g/mol. The van der Waals surface area contributed by atoms with E-state index < -0.39 is 10.0 Å². The number of benzene rings is 2. The maximum Gasteiger partial charge on any atom is 0.243 e. The summed E-state index contributed by atoms with van der Waals surface area (Å²) in [5, 5.41) is 2.70. The van der Waals surface area contributed by atoms with Gasteiger partial charge in [0, 0.05) is 31.9 Å². The van der Waals surface area contributed by atoms with E-state index in [1.165, 1.54) is 28.6 Å². The van der Waals surface area contributed by atoms with Crippen molar-refractivity contribution in [1.82, 2.24) is 9.21 Å². The van der Waals surface area contributed by atoms with Crippen LogP contribution in [0.1, 0.15) is 0 Å². The molecule has 0 aliphatic carbocycles. The maximum absolute atomic E-state index is 12.9. The zero-order valence-electron chi connectivity index (χ0n) is 14.1. The summed E-state index contributed by atoms with van der Waals surface area (Å²) in [7, 11) is -3.50. The fourth-order valence-corrected chi connectivity index (χ4v) is 4.25. The monoisotopic (exact) mass is 377 g/mol. The van der Waals surface area contributed by atoms with Crippen LogP contribution >= 0.6 is 0 Å². The molecule has 1 amide bonds. The van der Waals surface area contributed by atoms with Gasteiger partial charge in [0.2, 0.25) is 15.9 Å². The highest BCUT2D eigenvalue weighted by molar-refractivity contribution is 7.89. The lowest BCUT2D eigenvalue weighted by atomic mass is 10.3. The molecule has 1 saturated heterocycles. The second kappa shape index (κ2) is 7.94. The van der Waals surface area contributed by atoms with Gasteiger partial charge >= 0.3 is 0 Å². The Morgan fingerprint density at radius 2 is 1.58 bits per heavy atom. The molecule has 1 N–H and O–H groups in total. The van der Waals surface area contributed by atoms with Crippen molar-refractivity contribution in [3.8, 4) is 0 Å². The Bertz CT molecular complexity index is 849. The number of nitrogens with zero attached hydrogens (tertiary/aromatic N) is 2. The summed E-state index contributed by atoms with van der Waals surface area (Å²) in [6.07, 6.45) is 0. The molecule has 0 saturated carbocycles. The fraction of sp³-hybridized carbons (Fsp3) is 0.278. The van der Waals surface area contributed by atoms with Crippen LogP contribution < -0.4 is 5.32 Å². The summed E-state index contributed by atoms with van der Waals surface area (Å²) in [5.74, 6) is -0.574. The number of sulfonamides is 1. The van der Waals surface area contributed by atoms with Crippen molar-refractivity contribution in [2.75, 3.05) is 38.0 Å². The molecule has 8 heteroatoms. The number of anilines is 1. The van der Waals surface area contributed by atoms with E-state index in [1.54, 1.807) is 30.3 Å². The molecule has 1 aliphatic rings. The van der Waals surface area contributed by atoms with Crippen LogP contribution in [-0.2, 0) is 14.8 Å². The molecule has 0 spiro atoms. The molecule has 1 heterocycles. The van der Waals surface area contributed by atoms with Gasteiger partial charge in [-0.1, -0.05) is 18.2 Å². The van der Waals surface area contributed by atoms with E-state index >= 15 is 0 Å². The summed E-state index contributed by atoms with van der Waals surface area (Å²) in [5.41, 5.74) is 0.529. The smallest absolute Gasteiger partial charge is 0.243 e. The topological polar surface area (TPSA) is 69.7 Å². The number of halogens is 1. The summed E-state index contributed by atoms with van der Waals surface area (Å²) in [6.45, 7) is 1.78. The number of hydrogen-bond acceptors (Lipinski definition) is 4. The molecule has 26 heavy (non-hydrogen) atoms. The summed E-state index contributed by atoms with van der Waals surface area (Å²) in [6, 6.07) is 13.9. The Morgan fingerprint density at radius 3 is 2.19 bits per heavy atom. The number of nitrogens with one attached hydrogen (secondary N) is 1. The fourth-order valence-electron chi connectivity index (χ4n) is 2.81. The number of piperazine rings is 1. The zero-order chi connectivity index (χ0) is 18.6. The van der Waals surface area contributed by atoms with Gasteiger partial charge in [0.25, 0.3) is 0 Å². The Labute approximate surface area is 152 Å². The van der Waals surface area contributed by atoms with Crippen LogP contribution in [0.4, 0.5) is 10.1 Å². The lowest BCUT2D eigenvalue weighted by Crippen LogP contribution is -2.50. The van der Waals surface area contributed by atoms with Gasteiger partial charge in [-0.05, 0) is 36.4 Å². The van der Waals surface area contributed by atoms with E-state index in [4.69, 9.17) is 0 Å². The largest absolute Gasteiger partial charge is 0.325 e. The molecule has 1 aliphatic heterocycles. The van der Waals surface area contributed by atoms with Crippen LogP contribution in [0, 0.1) is 5.82 Å². The first-order chi connectivity index (χ1) is 12.4. The average molecular weight is 377 g/mol. The Morgan fingerprint density at radius 1 is 0.962 bits per heavy atom. The van der Waals surface area contributed by atoms with Gasteiger partial charge in [-0.25, -0.2) is 12.8 Å². The van der Waals surface area contributed by atoms with Gasteiger partial charge < -0.3 is 5.32 Å². The Hall–Kier alpha value is -2.29. The van der Waals surface area contributed by atoms with E-state index in [-0.39, 0.29) is 23.2 Å². The highest BCUT2D eigenvalue weighted by atomic mass is 32.2. The standard InChI is InChI=1S/C18H20FN3O3S/c19-15-6-8-16(9-7-15)20-18(23)14-21-10-12-22(13-11-21)26(24,25)17-4-2-1-3-5-17/h1-9H,10-14H2,(H,20,23). The maximum atomic E-state index is 12.9. The van der Waals surface area contributed by atoms with Crippen molar-refractivity contribution < 1.29 is 17.6 Å². The second-order valence-electron chi connectivity index (χ2n) is 6.05. The molecule has 0 radical (unpaired) electrons. The minimum atomic E-state index is -3.50. The SMILES string of the molecule is O=C(CN1CCN(S(=O)(=O)c2ccccc2)CC1)Nc1ccc(F)cc1. The molecule has 6 nitrogen and oxygen atoms in total. The van der Waals surface area contributed by atoms with Gasteiger partial charge in [0.05, 0.1) is 11.4 Å². The van der Waals surface area contributed by atoms with Crippen molar-refractivity contribution in [3.05, 3.63) is 60.4 Å². The van der Waals surface area contributed by atoms with Gasteiger partial charge in [-0.2, -0.15) is 4.31 Å². The Kier molecular flexibility index (Phi) is 5.65. The van der Waals surface area contributed by atoms with Gasteiger partial charge in [0.1, 0.15) is 5.82 Å². The third kappa shape index (κ3) is 4.46. The van der Waals surface area contributed by atoms with Crippen LogP contribution in [-0.4, -0.2) is 56.3 Å². The lowest BCUT2D eigenvalue weighted by Gasteiger charge is -2.33. The van der Waals surface area contributed by atoms with Crippen LogP contribution in [0.5, 0.6) is 0 Å². The molecule has 0 aromatic heterocycles. The predicted octanol–water partition coefficient (Wildman–Crippen LogP) is 1.77. The summed E-state index contributed by atoms with van der Waals surface area (Å²) < 4.78 is 39.5. The molecule has 138 valence electrons. The number of carbonyl (C=O) groups is 1. The number of rotatable bonds is 5. The molecule has 2 aromatic carbocycles. The molecule has 0 bridgehead atoms. The van der Waals surface area contributed by atoms with Gasteiger partial charge in [-0.3, -0.25) is 9.69 Å². The van der Waals surface area contributed by atoms with Crippen molar-refractivity contribution in [2.45, 2.75) is 4.90 Å². The first-order valence-electron chi connectivity index (χ1n) is 8.28. The van der Waals surface area contributed by atoms with Crippen LogP contribution in [0.3, 0.4) is 0 Å². The van der Waals surface area contributed by atoms with E-state index in [0.29, 0.717) is 31.9 Å². The predicted molar refractivity (Wildman–Crippen MR) is 96.7 cm³/mol. The van der Waals surface area contributed by atoms with Crippen molar-refractivity contribution >= 4 is 21.6 Å². The van der Waals surface area contributed by atoms with Crippen molar-refractivity contribution in [2.24, 2.45) is 0 Å². The second-order valence-corrected chi connectivity index (χ2v) is 7.99. The van der Waals surface area contributed by atoms with Crippen LogP contribution in [0.25, 0.3) is 0 Å². The van der Waals surface area contributed by atoms with E-state index in [1.807, 2.05) is 4.90 Å². The van der Waals surface area contributed by atoms with Crippen LogP contribution in [0.15, 0.2) is 59.5 Å². The van der Waals surface area contributed by atoms with Gasteiger partial charge in [0.15, 0.2) is 0 Å². The lowest BCUT2D eigenvalue weighted by molar-refractivity contribution is -0.117. The Balaban J connectivity index is 1.52. The molecule has 1 fully saturated rings. The minimum absolute atomic E-state index is 0.163. The van der Waals surface area contributed by atoms with Gasteiger partial charge in [-0.15, -0.1) is 0 Å². The quantitative estimate of drug-likeness (QED) is 0.862. The summed E-state index contributed by atoms with van der Waals surface area (Å²) in [4.78, 5) is 14.3. The third-order valence-electron chi connectivity index (χ3n) is 4.21. The summed E-state index contributed by atoms with van der Waals surface area (Å²) >= 11 is 0. The zero-order valence-corrected chi connectivity index (χ0v) is 15.0. The number of amides is 1. The molecule has 3 rings (SSSR count). The molecular formula is C18H20FN3O3S. The highest BCUT2D eigenvalue weighted by Crippen LogP contribution is 2.17. The average Bonchev–Trinajstić information content (AvgIpc) is 2.65. The van der Waals surface area contributed by atoms with Crippen LogP contribution in [0.2, 0.25) is 0 Å². The van der Waals surface area contributed by atoms with E-state index in [9.17, 15) is 17.6 Å². The normalized spacial score (nSPS) is 16.3. The van der Waals surface area contributed by atoms with E-state index in [0.717, 1.165) is 0 Å². The van der Waals surface area contributed by atoms with E-state index in [2.05, 4.69) is 5.32 Å².